The zero-order valence-corrected chi connectivity index (χ0v) is 15.9. The summed E-state index contributed by atoms with van der Waals surface area (Å²) in [7, 11) is 0. The van der Waals surface area contributed by atoms with E-state index in [1.807, 2.05) is 37.0 Å². The van der Waals surface area contributed by atoms with Gasteiger partial charge in [-0.1, -0.05) is 21.1 Å². The van der Waals surface area contributed by atoms with Gasteiger partial charge >= 0.3 is 0 Å². The Morgan fingerprint density at radius 1 is 1.23 bits per heavy atom. The van der Waals surface area contributed by atoms with Crippen molar-refractivity contribution in [3.05, 3.63) is 63.7 Å². The number of halogens is 1. The van der Waals surface area contributed by atoms with Crippen molar-refractivity contribution in [1.82, 2.24) is 29.5 Å². The number of aromatic nitrogens is 6. The maximum atomic E-state index is 5.15. The summed E-state index contributed by atoms with van der Waals surface area (Å²) in [5.74, 6) is 2.36. The summed E-state index contributed by atoms with van der Waals surface area (Å²) in [6.45, 7) is 4.52. The average Bonchev–Trinajstić information content (AvgIpc) is 3.28. The fraction of sp³-hybridized carbons (Fsp3) is 0.222. The van der Waals surface area contributed by atoms with E-state index in [1.54, 1.807) is 0 Å². The van der Waals surface area contributed by atoms with Gasteiger partial charge in [0, 0.05) is 16.1 Å². The summed E-state index contributed by atoms with van der Waals surface area (Å²) in [5.41, 5.74) is 5.01. The minimum absolute atomic E-state index is 0.541. The highest BCUT2D eigenvalue weighted by Gasteiger charge is 2.24. The Labute approximate surface area is 157 Å². The van der Waals surface area contributed by atoms with Crippen molar-refractivity contribution >= 4 is 15.9 Å². The van der Waals surface area contributed by atoms with E-state index in [4.69, 9.17) is 14.6 Å². The molecule has 0 amide bonds. The van der Waals surface area contributed by atoms with Crippen molar-refractivity contribution in [2.75, 3.05) is 0 Å². The van der Waals surface area contributed by atoms with Gasteiger partial charge in [-0.15, -0.1) is 0 Å². The molecule has 5 rings (SSSR count). The molecule has 1 aliphatic heterocycles. The molecule has 8 heteroatoms. The molecule has 0 spiro atoms. The average molecular weight is 411 g/mol. The van der Waals surface area contributed by atoms with Crippen molar-refractivity contribution < 1.29 is 4.52 Å². The number of rotatable bonds is 2. The van der Waals surface area contributed by atoms with Crippen LogP contribution in [0, 0.1) is 13.8 Å². The Morgan fingerprint density at radius 3 is 2.92 bits per heavy atom. The Kier molecular flexibility index (Phi) is 3.36. The second-order valence-corrected chi connectivity index (χ2v) is 7.34. The van der Waals surface area contributed by atoms with Gasteiger partial charge in [-0.3, -0.25) is 0 Å². The first-order chi connectivity index (χ1) is 12.6. The Morgan fingerprint density at radius 2 is 2.12 bits per heavy atom. The second-order valence-electron chi connectivity index (χ2n) is 6.42. The molecule has 7 nitrogen and oxygen atoms in total. The third-order valence-corrected chi connectivity index (χ3v) is 5.06. The van der Waals surface area contributed by atoms with Gasteiger partial charge in [-0.25, -0.2) is 14.6 Å². The molecule has 1 aromatic carbocycles. The van der Waals surface area contributed by atoms with Crippen molar-refractivity contribution in [1.29, 1.82) is 0 Å². The van der Waals surface area contributed by atoms with E-state index in [-0.39, 0.29) is 0 Å². The number of hydrogen-bond donors (Lipinski definition) is 0. The number of aryl methyl sites for hydroxylation is 2. The van der Waals surface area contributed by atoms with Gasteiger partial charge < -0.3 is 9.09 Å². The van der Waals surface area contributed by atoms with Crippen LogP contribution in [-0.2, 0) is 13.0 Å². The standard InChI is InChI=1S/C18H15BrN6O/c1-10-5-13(23-26-10)7-17-21-18-14-6-12(19)3-4-15(14)24-9-20-11(2)16(24)8-25(18)22-17/h3-6,9H,7-8H2,1-2H3. The molecule has 26 heavy (non-hydrogen) atoms. The number of hydrogen-bond acceptors (Lipinski definition) is 5. The lowest BCUT2D eigenvalue weighted by molar-refractivity contribution is 0.391. The molecule has 0 N–H and O–H groups in total. The predicted molar refractivity (Wildman–Crippen MR) is 98.2 cm³/mol. The molecule has 0 atom stereocenters. The van der Waals surface area contributed by atoms with E-state index in [2.05, 4.69) is 42.8 Å². The first-order valence-electron chi connectivity index (χ1n) is 8.27. The molecule has 0 saturated carbocycles. The fourth-order valence-corrected chi connectivity index (χ4v) is 3.70. The van der Waals surface area contributed by atoms with E-state index in [0.29, 0.717) is 13.0 Å². The van der Waals surface area contributed by atoms with E-state index < -0.39 is 0 Å². The summed E-state index contributed by atoms with van der Waals surface area (Å²) in [6.07, 6.45) is 2.40. The molecular formula is C18H15BrN6O. The molecule has 3 aromatic heterocycles. The van der Waals surface area contributed by atoms with Gasteiger partial charge in [0.15, 0.2) is 11.6 Å². The van der Waals surface area contributed by atoms with Crippen LogP contribution in [-0.4, -0.2) is 29.5 Å². The van der Waals surface area contributed by atoms with Gasteiger partial charge in [0.05, 0.1) is 42.1 Å². The summed E-state index contributed by atoms with van der Waals surface area (Å²) in [5, 5.41) is 8.78. The minimum atomic E-state index is 0.541. The van der Waals surface area contributed by atoms with Crippen LogP contribution >= 0.6 is 15.9 Å². The lowest BCUT2D eigenvalue weighted by atomic mass is 10.1. The minimum Gasteiger partial charge on any atom is -0.361 e. The van der Waals surface area contributed by atoms with Crippen LogP contribution in [0.25, 0.3) is 17.1 Å². The van der Waals surface area contributed by atoms with E-state index in [0.717, 1.165) is 50.2 Å². The van der Waals surface area contributed by atoms with Crippen LogP contribution in [0.5, 0.6) is 0 Å². The van der Waals surface area contributed by atoms with Gasteiger partial charge in [0.2, 0.25) is 0 Å². The van der Waals surface area contributed by atoms with E-state index >= 15 is 0 Å². The predicted octanol–water partition coefficient (Wildman–Crippen LogP) is 3.45. The fourth-order valence-electron chi connectivity index (χ4n) is 3.34. The van der Waals surface area contributed by atoms with E-state index in [1.165, 1.54) is 0 Å². The van der Waals surface area contributed by atoms with Crippen LogP contribution in [0.3, 0.4) is 0 Å². The molecule has 1 aliphatic rings. The molecule has 0 saturated heterocycles. The maximum Gasteiger partial charge on any atom is 0.160 e. The van der Waals surface area contributed by atoms with Crippen molar-refractivity contribution in [2.45, 2.75) is 26.8 Å². The Bertz CT molecular complexity index is 1140. The number of benzene rings is 1. The number of fused-ring (bicyclic) bond motifs is 5. The van der Waals surface area contributed by atoms with Crippen LogP contribution in [0.1, 0.15) is 28.7 Å². The Hall–Kier alpha value is -2.74. The maximum absolute atomic E-state index is 5.15. The van der Waals surface area contributed by atoms with E-state index in [9.17, 15) is 0 Å². The van der Waals surface area contributed by atoms with Gasteiger partial charge in [-0.05, 0) is 32.0 Å². The lowest BCUT2D eigenvalue weighted by Gasteiger charge is -2.08. The highest BCUT2D eigenvalue weighted by atomic mass is 79.9. The molecule has 0 radical (unpaired) electrons. The zero-order valence-electron chi connectivity index (χ0n) is 14.3. The van der Waals surface area contributed by atoms with Crippen LogP contribution in [0.4, 0.5) is 0 Å². The zero-order chi connectivity index (χ0) is 17.8. The summed E-state index contributed by atoms with van der Waals surface area (Å²) >= 11 is 3.57. The molecule has 4 aromatic rings. The summed E-state index contributed by atoms with van der Waals surface area (Å²) < 4.78 is 10.2. The highest BCUT2D eigenvalue weighted by Crippen LogP contribution is 2.33. The molecule has 0 bridgehead atoms. The van der Waals surface area contributed by atoms with Crippen molar-refractivity contribution in [2.24, 2.45) is 0 Å². The second kappa shape index (κ2) is 5.63. The molecule has 130 valence electrons. The molecular weight excluding hydrogens is 396 g/mol. The largest absolute Gasteiger partial charge is 0.361 e. The monoisotopic (exact) mass is 410 g/mol. The highest BCUT2D eigenvalue weighted by molar-refractivity contribution is 9.10. The van der Waals surface area contributed by atoms with Crippen molar-refractivity contribution in [3.63, 3.8) is 0 Å². The SMILES string of the molecule is Cc1cc(Cc2nc3n(n2)Cc2c(C)ncn2-c2ccc(Br)cc2-3)no1. The number of imidazole rings is 1. The first-order valence-corrected chi connectivity index (χ1v) is 9.07. The van der Waals surface area contributed by atoms with Gasteiger partial charge in [0.1, 0.15) is 5.76 Å². The molecule has 4 heterocycles. The third-order valence-electron chi connectivity index (χ3n) is 4.57. The molecule has 0 aliphatic carbocycles. The number of nitrogens with zero attached hydrogens (tertiary/aromatic N) is 6. The molecule has 0 fully saturated rings. The third kappa shape index (κ3) is 2.40. The normalized spacial score (nSPS) is 12.4. The first kappa shape index (κ1) is 15.5. The quantitative estimate of drug-likeness (QED) is 0.445. The Balaban J connectivity index is 1.67. The van der Waals surface area contributed by atoms with Crippen LogP contribution in [0.15, 0.2) is 39.6 Å². The lowest BCUT2D eigenvalue weighted by Crippen LogP contribution is -2.06. The molecule has 0 unspecified atom stereocenters. The summed E-state index contributed by atoms with van der Waals surface area (Å²) in [6, 6.07) is 8.10. The van der Waals surface area contributed by atoms with Crippen LogP contribution in [0.2, 0.25) is 0 Å². The van der Waals surface area contributed by atoms with Gasteiger partial charge in [0.25, 0.3) is 0 Å². The van der Waals surface area contributed by atoms with Crippen molar-refractivity contribution in [3.8, 4) is 17.1 Å². The topological polar surface area (TPSA) is 74.6 Å². The smallest absolute Gasteiger partial charge is 0.160 e. The van der Waals surface area contributed by atoms with Crippen LogP contribution < -0.4 is 0 Å². The van der Waals surface area contributed by atoms with Gasteiger partial charge in [-0.2, -0.15) is 5.10 Å². The summed E-state index contributed by atoms with van der Waals surface area (Å²) in [4.78, 5) is 9.28.